The maximum absolute atomic E-state index is 11.3. The molecule has 3 rings (SSSR count). The monoisotopic (exact) mass is 420 g/mol. The lowest BCUT2D eigenvalue weighted by Gasteiger charge is -2.12. The Morgan fingerprint density at radius 3 is 2.75 bits per heavy atom. The number of hydrogen-bond acceptors (Lipinski definition) is 5. The van der Waals surface area contributed by atoms with E-state index in [0.717, 1.165) is 52.6 Å². The van der Waals surface area contributed by atoms with Crippen LogP contribution in [0.4, 0.5) is 0 Å². The number of fused-ring (bicyclic) bond motifs is 1. The lowest BCUT2D eigenvalue weighted by atomic mass is 10.3. The van der Waals surface area contributed by atoms with Crippen molar-refractivity contribution in [2.75, 3.05) is 13.6 Å². The second kappa shape index (κ2) is 8.72. The van der Waals surface area contributed by atoms with Crippen molar-refractivity contribution in [3.63, 3.8) is 0 Å². The predicted octanol–water partition coefficient (Wildman–Crippen LogP) is 1.81. The van der Waals surface area contributed by atoms with E-state index in [2.05, 4.69) is 31.2 Å². The van der Waals surface area contributed by atoms with Crippen molar-refractivity contribution >= 4 is 38.4 Å². The summed E-state index contributed by atoms with van der Waals surface area (Å²) in [5.41, 5.74) is 2.16. The molecule has 2 heterocycles. The maximum Gasteiger partial charge on any atom is 0.247 e. The van der Waals surface area contributed by atoms with Crippen molar-refractivity contribution in [3.05, 3.63) is 47.1 Å². The van der Waals surface area contributed by atoms with Crippen LogP contribution in [0.5, 0.6) is 0 Å². The number of nitrogens with one attached hydrogen (secondary N) is 2. The molecule has 1 aromatic carbocycles. The number of aliphatic imine (C=N–C) groups is 1. The Balaban J connectivity index is 1.48. The van der Waals surface area contributed by atoms with Gasteiger partial charge in [-0.1, -0.05) is 12.1 Å². The fourth-order valence-electron chi connectivity index (χ4n) is 2.92. The van der Waals surface area contributed by atoms with Crippen molar-refractivity contribution in [2.24, 2.45) is 10.1 Å². The smallest absolute Gasteiger partial charge is 0.247 e. The predicted molar refractivity (Wildman–Crippen MR) is 113 cm³/mol. The Kier molecular flexibility index (Phi) is 6.32. The summed E-state index contributed by atoms with van der Waals surface area (Å²) in [5.74, 6) is 1.67. The summed E-state index contributed by atoms with van der Waals surface area (Å²) in [6.45, 7) is 4.10. The SMILES string of the molecule is CN=C(NCCCn1c(C)nc2ccccc21)NCc1ccc(S(N)(=O)=O)s1. The summed E-state index contributed by atoms with van der Waals surface area (Å²) >= 11 is 1.15. The highest BCUT2D eigenvalue weighted by Crippen LogP contribution is 2.20. The first-order valence-corrected chi connectivity index (χ1v) is 11.2. The van der Waals surface area contributed by atoms with Gasteiger partial charge in [-0.2, -0.15) is 0 Å². The van der Waals surface area contributed by atoms with Crippen LogP contribution in [0.15, 0.2) is 45.6 Å². The molecule has 0 fully saturated rings. The molecule has 28 heavy (non-hydrogen) atoms. The van der Waals surface area contributed by atoms with Gasteiger partial charge in [0.1, 0.15) is 10.0 Å². The normalized spacial score (nSPS) is 12.5. The number of para-hydroxylation sites is 2. The molecule has 0 bridgehead atoms. The number of aryl methyl sites for hydroxylation is 2. The van der Waals surface area contributed by atoms with Crippen molar-refractivity contribution in [1.82, 2.24) is 20.2 Å². The number of hydrogen-bond donors (Lipinski definition) is 3. The number of sulfonamides is 1. The minimum Gasteiger partial charge on any atom is -0.356 e. The van der Waals surface area contributed by atoms with Crippen molar-refractivity contribution in [2.45, 2.75) is 30.6 Å². The number of guanidine groups is 1. The van der Waals surface area contributed by atoms with Gasteiger partial charge in [-0.15, -0.1) is 11.3 Å². The van der Waals surface area contributed by atoms with E-state index < -0.39 is 10.0 Å². The van der Waals surface area contributed by atoms with Crippen molar-refractivity contribution < 1.29 is 8.42 Å². The molecule has 0 saturated carbocycles. The van der Waals surface area contributed by atoms with Gasteiger partial charge < -0.3 is 15.2 Å². The largest absolute Gasteiger partial charge is 0.356 e. The minimum absolute atomic E-state index is 0.162. The second-order valence-corrected chi connectivity index (χ2v) is 9.23. The average Bonchev–Trinajstić information content (AvgIpc) is 3.25. The topological polar surface area (TPSA) is 114 Å². The molecule has 0 saturated heterocycles. The van der Waals surface area contributed by atoms with E-state index in [1.807, 2.05) is 25.1 Å². The van der Waals surface area contributed by atoms with Gasteiger partial charge in [-0.3, -0.25) is 4.99 Å². The van der Waals surface area contributed by atoms with Crippen LogP contribution < -0.4 is 15.8 Å². The van der Waals surface area contributed by atoms with Gasteiger partial charge in [-0.25, -0.2) is 18.5 Å². The molecular formula is C18H24N6O2S2. The quantitative estimate of drug-likeness (QED) is 0.306. The molecule has 3 aromatic rings. The first kappa shape index (κ1) is 20.3. The molecule has 0 aliphatic carbocycles. The lowest BCUT2D eigenvalue weighted by molar-refractivity contribution is 0.600. The van der Waals surface area contributed by atoms with Gasteiger partial charge in [-0.05, 0) is 37.6 Å². The molecule has 2 aromatic heterocycles. The Bertz CT molecular complexity index is 1080. The molecule has 0 amide bonds. The molecule has 0 aliphatic rings. The number of imidazole rings is 1. The Labute approximate surface area is 168 Å². The molecule has 10 heteroatoms. The van der Waals surface area contributed by atoms with E-state index in [1.54, 1.807) is 13.1 Å². The number of thiophene rings is 1. The van der Waals surface area contributed by atoms with E-state index in [1.165, 1.54) is 6.07 Å². The number of benzene rings is 1. The third-order valence-electron chi connectivity index (χ3n) is 4.27. The zero-order valence-electron chi connectivity index (χ0n) is 15.8. The molecule has 0 unspecified atom stereocenters. The summed E-state index contributed by atoms with van der Waals surface area (Å²) < 4.78 is 25.1. The van der Waals surface area contributed by atoms with E-state index in [9.17, 15) is 8.42 Å². The van der Waals surface area contributed by atoms with E-state index in [4.69, 9.17) is 5.14 Å². The highest BCUT2D eigenvalue weighted by molar-refractivity contribution is 7.91. The molecule has 0 radical (unpaired) electrons. The summed E-state index contributed by atoms with van der Waals surface area (Å²) in [6.07, 6.45) is 0.913. The van der Waals surface area contributed by atoms with Gasteiger partial charge in [0.25, 0.3) is 0 Å². The molecule has 4 N–H and O–H groups in total. The highest BCUT2D eigenvalue weighted by Gasteiger charge is 2.11. The van der Waals surface area contributed by atoms with Gasteiger partial charge in [0.2, 0.25) is 10.0 Å². The zero-order valence-corrected chi connectivity index (χ0v) is 17.5. The van der Waals surface area contributed by atoms with Gasteiger partial charge in [0.05, 0.1) is 17.6 Å². The van der Waals surface area contributed by atoms with Gasteiger partial charge in [0.15, 0.2) is 5.96 Å². The van der Waals surface area contributed by atoms with Crippen molar-refractivity contribution in [3.8, 4) is 0 Å². The fraction of sp³-hybridized carbons (Fsp3) is 0.333. The summed E-state index contributed by atoms with van der Waals surface area (Å²) in [7, 11) is -1.95. The van der Waals surface area contributed by atoms with E-state index in [0.29, 0.717) is 12.5 Å². The first-order valence-electron chi connectivity index (χ1n) is 8.86. The maximum atomic E-state index is 11.3. The summed E-state index contributed by atoms with van der Waals surface area (Å²) in [4.78, 5) is 9.65. The first-order chi connectivity index (χ1) is 13.4. The van der Waals surface area contributed by atoms with Crippen LogP contribution in [-0.4, -0.2) is 37.5 Å². The third kappa shape index (κ3) is 4.89. The van der Waals surface area contributed by atoms with Crippen LogP contribution in [0.25, 0.3) is 11.0 Å². The number of nitrogens with two attached hydrogens (primary N) is 1. The molecule has 8 nitrogen and oxygen atoms in total. The van der Waals surface area contributed by atoms with Crippen LogP contribution in [-0.2, 0) is 23.1 Å². The number of nitrogens with zero attached hydrogens (tertiary/aromatic N) is 3. The second-order valence-electron chi connectivity index (χ2n) is 6.27. The standard InChI is InChI=1S/C18H24N6O2S2/c1-13-23-15-6-3-4-7-16(15)24(13)11-5-10-21-18(20-2)22-12-14-8-9-17(27-14)28(19,25)26/h3-4,6-9H,5,10-12H2,1-2H3,(H2,19,25,26)(H2,20,21,22). The minimum atomic E-state index is -3.65. The number of primary sulfonamides is 1. The molecule has 0 atom stereocenters. The Morgan fingerprint density at radius 2 is 2.04 bits per heavy atom. The number of rotatable bonds is 7. The average molecular weight is 421 g/mol. The summed E-state index contributed by atoms with van der Waals surface area (Å²) in [5, 5.41) is 11.6. The van der Waals surface area contributed by atoms with Crippen LogP contribution in [0.3, 0.4) is 0 Å². The van der Waals surface area contributed by atoms with E-state index >= 15 is 0 Å². The van der Waals surface area contributed by atoms with Crippen LogP contribution in [0.2, 0.25) is 0 Å². The van der Waals surface area contributed by atoms with Crippen LogP contribution >= 0.6 is 11.3 Å². The third-order valence-corrected chi connectivity index (χ3v) is 6.79. The molecule has 150 valence electrons. The fourth-order valence-corrected chi connectivity index (χ4v) is 4.64. The molecule has 0 spiro atoms. The number of aromatic nitrogens is 2. The highest BCUT2D eigenvalue weighted by atomic mass is 32.2. The van der Waals surface area contributed by atoms with E-state index in [-0.39, 0.29) is 4.21 Å². The molecular weight excluding hydrogens is 396 g/mol. The van der Waals surface area contributed by atoms with Crippen LogP contribution in [0.1, 0.15) is 17.1 Å². The Morgan fingerprint density at radius 1 is 1.25 bits per heavy atom. The van der Waals surface area contributed by atoms with Crippen molar-refractivity contribution in [1.29, 1.82) is 0 Å². The van der Waals surface area contributed by atoms with Crippen LogP contribution in [0, 0.1) is 6.92 Å². The Hall–Kier alpha value is -2.43. The van der Waals surface area contributed by atoms with Gasteiger partial charge >= 0.3 is 0 Å². The molecule has 0 aliphatic heterocycles. The lowest BCUT2D eigenvalue weighted by Crippen LogP contribution is -2.37. The summed E-state index contributed by atoms with van der Waals surface area (Å²) in [6, 6.07) is 11.4. The van der Waals surface area contributed by atoms with Gasteiger partial charge in [0, 0.05) is 25.0 Å². The zero-order chi connectivity index (χ0) is 20.1.